The Kier molecular flexibility index (Phi) is 3.13. The Morgan fingerprint density at radius 1 is 1.70 bits per heavy atom. The Morgan fingerprint density at radius 3 is 2.80 bits per heavy atom. The summed E-state index contributed by atoms with van der Waals surface area (Å²) in [5.74, 6) is 0. The van der Waals surface area contributed by atoms with Gasteiger partial charge in [-0.05, 0) is 48.1 Å². The van der Waals surface area contributed by atoms with Gasteiger partial charge in [-0.1, -0.05) is 0 Å². The van der Waals surface area contributed by atoms with Gasteiger partial charge in [0.2, 0.25) is 0 Å². The van der Waals surface area contributed by atoms with Crippen LogP contribution >= 0.6 is 33.9 Å². The van der Waals surface area contributed by atoms with Crippen LogP contribution in [0.1, 0.15) is 11.8 Å². The summed E-state index contributed by atoms with van der Waals surface area (Å²) >= 11 is 4.15. The van der Waals surface area contributed by atoms with Gasteiger partial charge >= 0.3 is 0 Å². The maximum atomic E-state index is 5.64. The van der Waals surface area contributed by atoms with Crippen molar-refractivity contribution < 1.29 is 0 Å². The molecule has 0 fully saturated rings. The summed E-state index contributed by atoms with van der Waals surface area (Å²) in [6, 6.07) is 4.56. The molecule has 1 aromatic heterocycles. The largest absolute Gasteiger partial charge is 0.328 e. The fourth-order valence-corrected chi connectivity index (χ4v) is 2.68. The zero-order valence-electron chi connectivity index (χ0n) is 5.80. The lowest BCUT2D eigenvalue weighted by Gasteiger charge is -1.99. The Hall–Kier alpha value is 0.390. The quantitative estimate of drug-likeness (QED) is 0.817. The van der Waals surface area contributed by atoms with Crippen molar-refractivity contribution >= 4 is 33.9 Å². The molecule has 0 saturated carbocycles. The van der Waals surface area contributed by atoms with Crippen molar-refractivity contribution in [1.29, 1.82) is 0 Å². The van der Waals surface area contributed by atoms with Crippen molar-refractivity contribution in [2.24, 2.45) is 5.73 Å². The average Bonchev–Trinajstić information content (AvgIpc) is 2.13. The Labute approximate surface area is 78.8 Å². The molecule has 1 atom stereocenters. The molecule has 0 aliphatic carbocycles. The molecule has 0 aromatic carbocycles. The first-order chi connectivity index (χ1) is 4.68. The Morgan fingerprint density at radius 2 is 2.40 bits per heavy atom. The van der Waals surface area contributed by atoms with Gasteiger partial charge in [0.15, 0.2) is 0 Å². The molecule has 1 rings (SSSR count). The van der Waals surface area contributed by atoms with Crippen molar-refractivity contribution in [2.75, 3.05) is 0 Å². The maximum absolute atomic E-state index is 5.64. The first-order valence-electron chi connectivity index (χ1n) is 3.18. The number of rotatable bonds is 2. The van der Waals surface area contributed by atoms with Gasteiger partial charge in [-0.15, -0.1) is 11.3 Å². The van der Waals surface area contributed by atoms with E-state index in [0.29, 0.717) is 0 Å². The van der Waals surface area contributed by atoms with Crippen LogP contribution in [-0.2, 0) is 6.42 Å². The molecule has 0 bridgehead atoms. The number of hydrogen-bond acceptors (Lipinski definition) is 2. The highest BCUT2D eigenvalue weighted by Gasteiger charge is 1.99. The molecule has 2 N–H and O–H groups in total. The Balaban J connectivity index is 2.58. The summed E-state index contributed by atoms with van der Waals surface area (Å²) in [4.78, 5) is 1.39. The number of thiophene rings is 1. The summed E-state index contributed by atoms with van der Waals surface area (Å²) < 4.78 is 1.34. The van der Waals surface area contributed by atoms with Gasteiger partial charge in [-0.3, -0.25) is 0 Å². The van der Waals surface area contributed by atoms with Gasteiger partial charge in [0.05, 0.1) is 2.88 Å². The highest BCUT2D eigenvalue weighted by molar-refractivity contribution is 14.1. The van der Waals surface area contributed by atoms with Gasteiger partial charge in [-0.25, -0.2) is 0 Å². The lowest BCUT2D eigenvalue weighted by atomic mass is 10.2. The lowest BCUT2D eigenvalue weighted by Crippen LogP contribution is -2.16. The first kappa shape index (κ1) is 8.49. The fourth-order valence-electron chi connectivity index (χ4n) is 0.779. The van der Waals surface area contributed by atoms with Gasteiger partial charge < -0.3 is 5.73 Å². The molecule has 0 aliphatic rings. The summed E-state index contributed by atoms with van der Waals surface area (Å²) in [6.45, 7) is 2.03. The van der Waals surface area contributed by atoms with Crippen molar-refractivity contribution in [1.82, 2.24) is 0 Å². The minimum atomic E-state index is 0.287. The van der Waals surface area contributed by atoms with E-state index in [2.05, 4.69) is 34.7 Å². The second kappa shape index (κ2) is 3.69. The highest BCUT2D eigenvalue weighted by Crippen LogP contribution is 2.18. The normalized spacial score (nSPS) is 13.5. The third-order valence-electron chi connectivity index (χ3n) is 1.15. The number of nitrogens with two attached hydrogens (primary N) is 1. The van der Waals surface area contributed by atoms with E-state index in [9.17, 15) is 0 Å². The lowest BCUT2D eigenvalue weighted by molar-refractivity contribution is 0.746. The van der Waals surface area contributed by atoms with Gasteiger partial charge in [0.25, 0.3) is 0 Å². The van der Waals surface area contributed by atoms with Gasteiger partial charge in [0, 0.05) is 10.9 Å². The van der Waals surface area contributed by atoms with Crippen LogP contribution in [-0.4, -0.2) is 6.04 Å². The molecule has 0 spiro atoms. The zero-order valence-corrected chi connectivity index (χ0v) is 8.78. The van der Waals surface area contributed by atoms with E-state index in [0.717, 1.165) is 6.42 Å². The second-order valence-electron chi connectivity index (χ2n) is 2.39. The molecule has 1 unspecified atom stereocenters. The van der Waals surface area contributed by atoms with E-state index in [1.807, 2.05) is 18.3 Å². The molecule has 1 aromatic rings. The van der Waals surface area contributed by atoms with E-state index in [1.54, 1.807) is 0 Å². The van der Waals surface area contributed by atoms with E-state index in [1.165, 1.54) is 7.76 Å². The van der Waals surface area contributed by atoms with Crippen LogP contribution in [0.3, 0.4) is 0 Å². The topological polar surface area (TPSA) is 26.0 Å². The molecule has 3 heteroatoms. The van der Waals surface area contributed by atoms with Crippen molar-refractivity contribution in [2.45, 2.75) is 19.4 Å². The minimum absolute atomic E-state index is 0.287. The monoisotopic (exact) mass is 267 g/mol. The van der Waals surface area contributed by atoms with Crippen molar-refractivity contribution in [3.8, 4) is 0 Å². The Bertz CT molecular complexity index is 207. The van der Waals surface area contributed by atoms with Crippen LogP contribution in [0, 0.1) is 2.88 Å². The van der Waals surface area contributed by atoms with Crippen LogP contribution in [0.2, 0.25) is 0 Å². The molecule has 0 amide bonds. The summed E-state index contributed by atoms with van der Waals surface area (Å²) in [6.07, 6.45) is 1.01. The predicted molar refractivity (Wildman–Crippen MR) is 54.4 cm³/mol. The number of hydrogen-bond donors (Lipinski definition) is 1. The van der Waals surface area contributed by atoms with Crippen LogP contribution in [0.5, 0.6) is 0 Å². The van der Waals surface area contributed by atoms with Crippen LogP contribution in [0.15, 0.2) is 12.1 Å². The summed E-state index contributed by atoms with van der Waals surface area (Å²) in [5.41, 5.74) is 5.64. The first-order valence-corrected chi connectivity index (χ1v) is 5.08. The zero-order chi connectivity index (χ0) is 7.56. The summed E-state index contributed by atoms with van der Waals surface area (Å²) in [7, 11) is 0. The third kappa shape index (κ3) is 2.56. The van der Waals surface area contributed by atoms with E-state index in [-0.39, 0.29) is 6.04 Å². The van der Waals surface area contributed by atoms with Crippen molar-refractivity contribution in [3.63, 3.8) is 0 Å². The molecule has 0 aliphatic heterocycles. The molecule has 0 saturated heterocycles. The maximum Gasteiger partial charge on any atom is 0.0656 e. The van der Waals surface area contributed by atoms with E-state index < -0.39 is 0 Å². The SMILES string of the molecule is CC(N)Cc1ccc(I)s1. The molecular formula is C7H10INS. The van der Waals surface area contributed by atoms with Gasteiger partial charge in [0.1, 0.15) is 0 Å². The number of halogens is 1. The van der Waals surface area contributed by atoms with E-state index in [4.69, 9.17) is 5.73 Å². The predicted octanol–water partition coefficient (Wildman–Crippen LogP) is 2.24. The molecule has 1 nitrogen and oxygen atoms in total. The fraction of sp³-hybridized carbons (Fsp3) is 0.429. The minimum Gasteiger partial charge on any atom is -0.328 e. The molecule has 56 valence electrons. The van der Waals surface area contributed by atoms with E-state index >= 15 is 0 Å². The van der Waals surface area contributed by atoms with Crippen LogP contribution < -0.4 is 5.73 Å². The van der Waals surface area contributed by atoms with Crippen LogP contribution in [0.25, 0.3) is 0 Å². The van der Waals surface area contributed by atoms with Gasteiger partial charge in [-0.2, -0.15) is 0 Å². The van der Waals surface area contributed by atoms with Crippen LogP contribution in [0.4, 0.5) is 0 Å². The molecule has 0 radical (unpaired) electrons. The third-order valence-corrected chi connectivity index (χ3v) is 3.07. The standard InChI is InChI=1S/C7H10INS/c1-5(9)4-6-2-3-7(8)10-6/h2-3,5H,4,9H2,1H3. The van der Waals surface area contributed by atoms with Crippen molar-refractivity contribution in [3.05, 3.63) is 19.9 Å². The average molecular weight is 267 g/mol. The highest BCUT2D eigenvalue weighted by atomic mass is 127. The molecular weight excluding hydrogens is 257 g/mol. The molecule has 10 heavy (non-hydrogen) atoms. The summed E-state index contributed by atoms with van der Waals surface area (Å²) in [5, 5.41) is 0. The smallest absolute Gasteiger partial charge is 0.0656 e. The second-order valence-corrected chi connectivity index (χ2v) is 5.45. The molecule has 1 heterocycles.